The molecule has 0 atom stereocenters. The van der Waals surface area contributed by atoms with Crippen LogP contribution in [0.15, 0.2) is 30.2 Å². The maximum absolute atomic E-state index is 13.0. The second-order valence-electron chi connectivity index (χ2n) is 7.76. The Kier molecular flexibility index (Phi) is 4.69. The van der Waals surface area contributed by atoms with Crippen molar-refractivity contribution in [1.82, 2.24) is 30.2 Å². The van der Waals surface area contributed by atoms with Crippen LogP contribution in [-0.2, 0) is 11.0 Å². The molecule has 2 fully saturated rings. The quantitative estimate of drug-likeness (QED) is 0.342. The maximum atomic E-state index is 13.0. The standard InChI is InChI=1S/C20H17F3N8O2/c1-9-4-11(20(21,22)23)8-24-16(9)28-14-6-15(26-12-2-3-12)31-17(29-14)10(7-25-31)5-13-18(32)30-19(33)27-13/h4-8,12,26H,2-3H2,1H3,(H,24,28,29)(H2,27,30,32,33)/b13-5-. The van der Waals surface area contributed by atoms with E-state index in [0.717, 1.165) is 25.1 Å². The summed E-state index contributed by atoms with van der Waals surface area (Å²) in [6.45, 7) is 1.52. The van der Waals surface area contributed by atoms with Crippen molar-refractivity contribution >= 4 is 41.1 Å². The van der Waals surface area contributed by atoms with Crippen LogP contribution in [0.1, 0.15) is 29.5 Å². The molecule has 5 rings (SSSR count). The fourth-order valence-corrected chi connectivity index (χ4v) is 3.31. The van der Waals surface area contributed by atoms with Crippen LogP contribution in [-0.4, -0.2) is 37.6 Å². The molecule has 3 aromatic rings. The third kappa shape index (κ3) is 4.16. The van der Waals surface area contributed by atoms with Gasteiger partial charge in [0, 0.05) is 23.9 Å². The van der Waals surface area contributed by atoms with Gasteiger partial charge in [0.15, 0.2) is 5.65 Å². The van der Waals surface area contributed by atoms with Crippen LogP contribution in [0.4, 0.5) is 35.4 Å². The average Bonchev–Trinajstić information content (AvgIpc) is 3.37. The summed E-state index contributed by atoms with van der Waals surface area (Å²) >= 11 is 0. The Balaban J connectivity index is 1.54. The summed E-state index contributed by atoms with van der Waals surface area (Å²) in [6, 6.07) is 2.34. The minimum Gasteiger partial charge on any atom is -0.367 e. The van der Waals surface area contributed by atoms with Gasteiger partial charge in [-0.1, -0.05) is 0 Å². The van der Waals surface area contributed by atoms with Crippen LogP contribution in [0.5, 0.6) is 0 Å². The van der Waals surface area contributed by atoms with Crippen molar-refractivity contribution in [2.75, 3.05) is 10.6 Å². The van der Waals surface area contributed by atoms with Crippen LogP contribution in [0, 0.1) is 6.92 Å². The fraction of sp³-hybridized carbons (Fsp3) is 0.250. The molecule has 1 saturated carbocycles. The van der Waals surface area contributed by atoms with E-state index in [0.29, 0.717) is 28.4 Å². The number of carbonyl (C=O) groups excluding carboxylic acids is 2. The first-order chi connectivity index (χ1) is 15.7. The van der Waals surface area contributed by atoms with E-state index >= 15 is 0 Å². The van der Waals surface area contributed by atoms with Crippen molar-refractivity contribution in [3.8, 4) is 0 Å². The highest BCUT2D eigenvalue weighted by atomic mass is 19.4. The number of rotatable bonds is 5. The largest absolute Gasteiger partial charge is 0.417 e. The van der Waals surface area contributed by atoms with Crippen molar-refractivity contribution in [3.63, 3.8) is 0 Å². The molecule has 3 aromatic heterocycles. The molecule has 10 nitrogen and oxygen atoms in total. The number of alkyl halides is 3. The number of fused-ring (bicyclic) bond motifs is 1. The Morgan fingerprint density at radius 2 is 1.97 bits per heavy atom. The van der Waals surface area contributed by atoms with Gasteiger partial charge in [0.25, 0.3) is 5.91 Å². The smallest absolute Gasteiger partial charge is 0.367 e. The topological polar surface area (TPSA) is 125 Å². The molecule has 1 aliphatic heterocycles. The highest BCUT2D eigenvalue weighted by molar-refractivity contribution is 6.14. The summed E-state index contributed by atoms with van der Waals surface area (Å²) in [4.78, 5) is 31.7. The minimum absolute atomic E-state index is 0.0482. The van der Waals surface area contributed by atoms with E-state index in [1.54, 1.807) is 10.6 Å². The number of hydrogen-bond donors (Lipinski definition) is 4. The lowest BCUT2D eigenvalue weighted by atomic mass is 10.2. The number of nitrogens with zero attached hydrogens (tertiary/aromatic N) is 4. The van der Waals surface area contributed by atoms with Gasteiger partial charge in [-0.25, -0.2) is 14.8 Å². The number of nitrogens with one attached hydrogen (secondary N) is 4. The van der Waals surface area contributed by atoms with Gasteiger partial charge in [-0.3, -0.25) is 10.1 Å². The number of aryl methyl sites for hydroxylation is 1. The minimum atomic E-state index is -4.49. The van der Waals surface area contributed by atoms with E-state index in [1.165, 1.54) is 19.2 Å². The highest BCUT2D eigenvalue weighted by Gasteiger charge is 2.31. The van der Waals surface area contributed by atoms with Gasteiger partial charge in [0.1, 0.15) is 23.2 Å². The van der Waals surface area contributed by atoms with Crippen molar-refractivity contribution in [2.24, 2.45) is 0 Å². The third-order valence-corrected chi connectivity index (χ3v) is 5.10. The number of urea groups is 1. The first-order valence-electron chi connectivity index (χ1n) is 9.97. The van der Waals surface area contributed by atoms with Crippen LogP contribution < -0.4 is 21.3 Å². The molecule has 13 heteroatoms. The van der Waals surface area contributed by atoms with Crippen molar-refractivity contribution in [1.29, 1.82) is 0 Å². The number of pyridine rings is 1. The molecule has 1 saturated heterocycles. The normalized spacial score (nSPS) is 17.4. The van der Waals surface area contributed by atoms with E-state index in [2.05, 4.69) is 36.3 Å². The van der Waals surface area contributed by atoms with Gasteiger partial charge in [0.2, 0.25) is 0 Å². The lowest BCUT2D eigenvalue weighted by Gasteiger charge is -2.13. The van der Waals surface area contributed by atoms with Gasteiger partial charge in [-0.2, -0.15) is 22.8 Å². The monoisotopic (exact) mass is 458 g/mol. The molecule has 0 aromatic carbocycles. The summed E-state index contributed by atoms with van der Waals surface area (Å²) in [5.41, 5.74) is 0.333. The van der Waals surface area contributed by atoms with E-state index in [9.17, 15) is 22.8 Å². The molecule has 4 heterocycles. The lowest BCUT2D eigenvalue weighted by Crippen LogP contribution is -2.22. The number of carbonyl (C=O) groups is 2. The first-order valence-corrected chi connectivity index (χ1v) is 9.97. The Morgan fingerprint density at radius 1 is 1.18 bits per heavy atom. The second-order valence-corrected chi connectivity index (χ2v) is 7.76. The number of halogens is 3. The molecule has 0 bridgehead atoms. The van der Waals surface area contributed by atoms with Gasteiger partial charge in [0.05, 0.1) is 11.8 Å². The molecule has 4 N–H and O–H groups in total. The number of aromatic nitrogens is 4. The Hall–Kier alpha value is -4.16. The maximum Gasteiger partial charge on any atom is 0.417 e. The summed E-state index contributed by atoms with van der Waals surface area (Å²) in [5.74, 6) is 0.578. The number of hydrogen-bond acceptors (Lipinski definition) is 7. The van der Waals surface area contributed by atoms with E-state index < -0.39 is 23.7 Å². The van der Waals surface area contributed by atoms with Gasteiger partial charge in [-0.05, 0) is 37.5 Å². The van der Waals surface area contributed by atoms with E-state index in [4.69, 9.17) is 0 Å². The summed E-state index contributed by atoms with van der Waals surface area (Å²) < 4.78 is 40.4. The summed E-state index contributed by atoms with van der Waals surface area (Å²) in [6.07, 6.45) is 1.20. The van der Waals surface area contributed by atoms with Gasteiger partial charge in [-0.15, -0.1) is 0 Å². The predicted octanol–water partition coefficient (Wildman–Crippen LogP) is 2.95. The second kappa shape index (κ2) is 7.46. The van der Waals surface area contributed by atoms with E-state index in [1.807, 2.05) is 0 Å². The van der Waals surface area contributed by atoms with E-state index in [-0.39, 0.29) is 17.6 Å². The van der Waals surface area contributed by atoms with Crippen molar-refractivity contribution in [3.05, 3.63) is 46.9 Å². The zero-order valence-corrected chi connectivity index (χ0v) is 17.1. The average molecular weight is 458 g/mol. The number of anilines is 3. The molecular formula is C20H17F3N8O2. The zero-order chi connectivity index (χ0) is 23.3. The third-order valence-electron chi connectivity index (χ3n) is 5.10. The molecule has 33 heavy (non-hydrogen) atoms. The first kappa shape index (κ1) is 20.7. The van der Waals surface area contributed by atoms with Crippen LogP contribution in [0.2, 0.25) is 0 Å². The Bertz CT molecular complexity index is 1330. The molecule has 1 aliphatic carbocycles. The molecule has 0 unspecified atom stereocenters. The highest BCUT2D eigenvalue weighted by Crippen LogP contribution is 2.32. The number of imide groups is 1. The van der Waals surface area contributed by atoms with Gasteiger partial charge < -0.3 is 16.0 Å². The molecule has 0 radical (unpaired) electrons. The predicted molar refractivity (Wildman–Crippen MR) is 112 cm³/mol. The molecular weight excluding hydrogens is 441 g/mol. The summed E-state index contributed by atoms with van der Waals surface area (Å²) in [5, 5.41) is 15.1. The molecule has 3 amide bonds. The van der Waals surface area contributed by atoms with Crippen molar-refractivity contribution < 1.29 is 22.8 Å². The Morgan fingerprint density at radius 3 is 2.61 bits per heavy atom. The Labute approximate surface area is 184 Å². The SMILES string of the molecule is Cc1cc(C(F)(F)F)cnc1Nc1cc(NC2CC2)n2ncc(/C=C3\NC(=O)NC3=O)c2n1. The van der Waals surface area contributed by atoms with Crippen LogP contribution in [0.25, 0.3) is 11.7 Å². The lowest BCUT2D eigenvalue weighted by molar-refractivity contribution is -0.137. The molecule has 170 valence electrons. The van der Waals surface area contributed by atoms with Gasteiger partial charge >= 0.3 is 12.2 Å². The van der Waals surface area contributed by atoms with Crippen LogP contribution >= 0.6 is 0 Å². The van der Waals surface area contributed by atoms with Crippen molar-refractivity contribution in [2.45, 2.75) is 32.0 Å². The fourth-order valence-electron chi connectivity index (χ4n) is 3.31. The van der Waals surface area contributed by atoms with Crippen LogP contribution in [0.3, 0.4) is 0 Å². The summed E-state index contributed by atoms with van der Waals surface area (Å²) in [7, 11) is 0. The molecule has 0 spiro atoms. The zero-order valence-electron chi connectivity index (χ0n) is 17.1. The molecule has 2 aliphatic rings. The number of amides is 3.